The highest BCUT2D eigenvalue weighted by atomic mass is 16.5. The van der Waals surface area contributed by atoms with Gasteiger partial charge in [-0.2, -0.15) is 0 Å². The molecule has 0 amide bonds. The van der Waals surface area contributed by atoms with Crippen LogP contribution in [0.2, 0.25) is 0 Å². The van der Waals surface area contributed by atoms with Crippen molar-refractivity contribution in [2.75, 3.05) is 20.2 Å². The van der Waals surface area contributed by atoms with E-state index in [1.54, 1.807) is 7.11 Å². The summed E-state index contributed by atoms with van der Waals surface area (Å²) < 4.78 is 5.47. The molecule has 0 bridgehead atoms. The number of ether oxygens (including phenoxy) is 1. The minimum Gasteiger partial charge on any atom is -0.496 e. The van der Waals surface area contributed by atoms with E-state index >= 15 is 0 Å². The van der Waals surface area contributed by atoms with E-state index in [0.717, 1.165) is 31.1 Å². The molecule has 1 atom stereocenters. The van der Waals surface area contributed by atoms with E-state index in [-0.39, 0.29) is 0 Å². The van der Waals surface area contributed by atoms with E-state index in [9.17, 15) is 0 Å². The van der Waals surface area contributed by atoms with E-state index in [1.165, 1.54) is 30.5 Å². The fraction of sp³-hybridized carbons (Fsp3) is 0.600. The van der Waals surface area contributed by atoms with E-state index < -0.39 is 0 Å². The third kappa shape index (κ3) is 3.22. The molecule has 2 rings (SSSR count). The molecule has 0 radical (unpaired) electrons. The number of aryl methyl sites for hydroxylation is 1. The van der Waals surface area contributed by atoms with Gasteiger partial charge in [0.1, 0.15) is 5.75 Å². The average Bonchev–Trinajstić information content (AvgIpc) is 2.40. The lowest BCUT2D eigenvalue weighted by molar-refractivity contribution is 0.364. The van der Waals surface area contributed by atoms with Crippen molar-refractivity contribution in [3.63, 3.8) is 0 Å². The number of hydrogen-bond donors (Lipinski definition) is 1. The Labute approximate surface area is 104 Å². The zero-order valence-corrected chi connectivity index (χ0v) is 11.0. The quantitative estimate of drug-likeness (QED) is 0.863. The van der Waals surface area contributed by atoms with Gasteiger partial charge in [0.25, 0.3) is 0 Å². The van der Waals surface area contributed by atoms with Gasteiger partial charge in [-0.3, -0.25) is 0 Å². The van der Waals surface area contributed by atoms with Crippen LogP contribution in [0, 0.1) is 5.92 Å². The van der Waals surface area contributed by atoms with Crippen LogP contribution in [0.25, 0.3) is 0 Å². The summed E-state index contributed by atoms with van der Waals surface area (Å²) in [5.41, 5.74) is 2.78. The summed E-state index contributed by atoms with van der Waals surface area (Å²) in [5, 5.41) is 3.48. The van der Waals surface area contributed by atoms with Crippen molar-refractivity contribution in [3.05, 3.63) is 29.3 Å². The van der Waals surface area contributed by atoms with E-state index in [0.29, 0.717) is 0 Å². The van der Waals surface area contributed by atoms with Crippen molar-refractivity contribution in [2.24, 2.45) is 5.92 Å². The van der Waals surface area contributed by atoms with E-state index in [4.69, 9.17) is 4.74 Å². The number of hydrogen-bond acceptors (Lipinski definition) is 2. The molecule has 1 heterocycles. The Hall–Kier alpha value is -1.02. The first-order valence-corrected chi connectivity index (χ1v) is 6.70. The second-order valence-corrected chi connectivity index (χ2v) is 4.92. The summed E-state index contributed by atoms with van der Waals surface area (Å²) in [6, 6.07) is 6.60. The van der Waals surface area contributed by atoms with Gasteiger partial charge >= 0.3 is 0 Å². The Balaban J connectivity index is 2.11. The molecule has 1 fully saturated rings. The molecule has 1 aliphatic heterocycles. The van der Waals surface area contributed by atoms with Crippen molar-refractivity contribution in [3.8, 4) is 5.75 Å². The van der Waals surface area contributed by atoms with E-state index in [2.05, 4.69) is 30.4 Å². The lowest BCUT2D eigenvalue weighted by Gasteiger charge is -2.23. The van der Waals surface area contributed by atoms with E-state index in [1.807, 2.05) is 0 Å². The van der Waals surface area contributed by atoms with Crippen LogP contribution < -0.4 is 10.1 Å². The van der Waals surface area contributed by atoms with Crippen molar-refractivity contribution in [1.29, 1.82) is 0 Å². The second kappa shape index (κ2) is 6.06. The topological polar surface area (TPSA) is 21.3 Å². The largest absolute Gasteiger partial charge is 0.496 e. The normalized spacial score (nSPS) is 20.2. The SMILES string of the molecule is CCc1ccc(OC)c(CC2CCCNC2)c1. The minimum atomic E-state index is 0.768. The van der Waals surface area contributed by atoms with Crippen LogP contribution >= 0.6 is 0 Å². The minimum absolute atomic E-state index is 0.768. The second-order valence-electron chi connectivity index (χ2n) is 4.92. The van der Waals surface area contributed by atoms with Gasteiger partial charge in [0.15, 0.2) is 0 Å². The van der Waals surface area contributed by atoms with Crippen LogP contribution in [-0.2, 0) is 12.8 Å². The monoisotopic (exact) mass is 233 g/mol. The number of rotatable bonds is 4. The highest BCUT2D eigenvalue weighted by Gasteiger charge is 2.15. The van der Waals surface area contributed by atoms with Crippen LogP contribution in [0.3, 0.4) is 0 Å². The van der Waals surface area contributed by atoms with Gasteiger partial charge in [-0.25, -0.2) is 0 Å². The molecule has 0 aliphatic carbocycles. The molecule has 1 aromatic carbocycles. The van der Waals surface area contributed by atoms with Gasteiger partial charge in [0.05, 0.1) is 7.11 Å². The van der Waals surface area contributed by atoms with Gasteiger partial charge in [0.2, 0.25) is 0 Å². The Morgan fingerprint density at radius 1 is 1.41 bits per heavy atom. The molecule has 17 heavy (non-hydrogen) atoms. The summed E-state index contributed by atoms with van der Waals surface area (Å²) in [5.74, 6) is 1.82. The Kier molecular flexibility index (Phi) is 4.43. The Morgan fingerprint density at radius 3 is 2.94 bits per heavy atom. The molecule has 1 aliphatic rings. The van der Waals surface area contributed by atoms with Gasteiger partial charge in [0, 0.05) is 0 Å². The van der Waals surface area contributed by atoms with Gasteiger partial charge in [-0.1, -0.05) is 19.1 Å². The first-order valence-electron chi connectivity index (χ1n) is 6.70. The fourth-order valence-electron chi connectivity index (χ4n) is 2.62. The fourth-order valence-corrected chi connectivity index (χ4v) is 2.62. The molecule has 2 nitrogen and oxygen atoms in total. The smallest absolute Gasteiger partial charge is 0.122 e. The Bertz CT molecular complexity index is 356. The predicted octanol–water partition coefficient (Wildman–Crippen LogP) is 2.80. The van der Waals surface area contributed by atoms with Crippen molar-refractivity contribution < 1.29 is 4.74 Å². The molecule has 1 saturated heterocycles. The summed E-state index contributed by atoms with van der Waals surface area (Å²) in [4.78, 5) is 0. The predicted molar refractivity (Wildman–Crippen MR) is 71.7 cm³/mol. The van der Waals surface area contributed by atoms with Crippen LogP contribution in [0.4, 0.5) is 0 Å². The summed E-state index contributed by atoms with van der Waals surface area (Å²) >= 11 is 0. The molecule has 2 heteroatoms. The third-order valence-corrected chi connectivity index (χ3v) is 3.66. The summed E-state index contributed by atoms with van der Waals surface area (Å²) in [7, 11) is 1.77. The highest BCUT2D eigenvalue weighted by molar-refractivity contribution is 5.37. The van der Waals surface area contributed by atoms with Crippen LogP contribution in [-0.4, -0.2) is 20.2 Å². The molecule has 0 aromatic heterocycles. The molecule has 0 saturated carbocycles. The first kappa shape index (κ1) is 12.4. The third-order valence-electron chi connectivity index (χ3n) is 3.66. The van der Waals surface area contributed by atoms with Crippen LogP contribution in [0.5, 0.6) is 5.75 Å². The lowest BCUT2D eigenvalue weighted by Crippen LogP contribution is -2.30. The van der Waals surface area contributed by atoms with Crippen molar-refractivity contribution in [1.82, 2.24) is 5.32 Å². The molecule has 1 aromatic rings. The number of methoxy groups -OCH3 is 1. The molecule has 0 spiro atoms. The highest BCUT2D eigenvalue weighted by Crippen LogP contribution is 2.25. The number of piperidine rings is 1. The first-order chi connectivity index (χ1) is 8.33. The molecular weight excluding hydrogens is 210 g/mol. The molecular formula is C15H23NO. The molecule has 1 unspecified atom stereocenters. The zero-order chi connectivity index (χ0) is 12.1. The number of benzene rings is 1. The maximum Gasteiger partial charge on any atom is 0.122 e. The standard InChI is InChI=1S/C15H23NO/c1-3-12-6-7-15(17-2)14(9-12)10-13-5-4-8-16-11-13/h6-7,9,13,16H,3-5,8,10-11H2,1-2H3. The van der Waals surface area contributed by atoms with Crippen LogP contribution in [0.15, 0.2) is 18.2 Å². The number of nitrogens with one attached hydrogen (secondary N) is 1. The van der Waals surface area contributed by atoms with Gasteiger partial charge in [-0.15, -0.1) is 0 Å². The Morgan fingerprint density at radius 2 is 2.29 bits per heavy atom. The van der Waals surface area contributed by atoms with Crippen LogP contribution in [0.1, 0.15) is 30.9 Å². The summed E-state index contributed by atoms with van der Waals surface area (Å²) in [6.07, 6.45) is 4.89. The molecule has 1 N–H and O–H groups in total. The van der Waals surface area contributed by atoms with Crippen molar-refractivity contribution >= 4 is 0 Å². The summed E-state index contributed by atoms with van der Waals surface area (Å²) in [6.45, 7) is 4.54. The maximum absolute atomic E-state index is 5.47. The van der Waals surface area contributed by atoms with Gasteiger partial charge < -0.3 is 10.1 Å². The average molecular weight is 233 g/mol. The zero-order valence-electron chi connectivity index (χ0n) is 11.0. The lowest BCUT2D eigenvalue weighted by atomic mass is 9.91. The van der Waals surface area contributed by atoms with Gasteiger partial charge in [-0.05, 0) is 61.9 Å². The van der Waals surface area contributed by atoms with Crippen molar-refractivity contribution in [2.45, 2.75) is 32.6 Å². The molecule has 94 valence electrons. The maximum atomic E-state index is 5.47.